The van der Waals surface area contributed by atoms with Gasteiger partial charge >= 0.3 is 5.97 Å². The van der Waals surface area contributed by atoms with Crippen LogP contribution < -0.4 is 9.46 Å². The van der Waals surface area contributed by atoms with Gasteiger partial charge in [-0.15, -0.1) is 0 Å². The second-order valence-corrected chi connectivity index (χ2v) is 6.72. The molecule has 0 heterocycles. The Kier molecular flexibility index (Phi) is 6.17. The zero-order chi connectivity index (χ0) is 16.0. The molecule has 2 N–H and O–H groups in total. The Morgan fingerprint density at radius 3 is 2.29 bits per heavy atom. The highest BCUT2D eigenvalue weighted by molar-refractivity contribution is 7.89. The molecule has 1 aromatic carbocycles. The first-order valence-corrected chi connectivity index (χ1v) is 8.24. The summed E-state index contributed by atoms with van der Waals surface area (Å²) in [5.41, 5.74) is 0. The van der Waals surface area contributed by atoms with Crippen molar-refractivity contribution in [2.75, 3.05) is 6.61 Å². The van der Waals surface area contributed by atoms with Crippen LogP contribution >= 0.6 is 0 Å². The highest BCUT2D eigenvalue weighted by atomic mass is 32.2. The molecule has 1 unspecified atom stereocenters. The minimum Gasteiger partial charge on any atom is -0.494 e. The molecule has 0 saturated heterocycles. The molecule has 6 nitrogen and oxygen atoms in total. The smallest absolute Gasteiger partial charge is 0.322 e. The summed E-state index contributed by atoms with van der Waals surface area (Å²) in [7, 11) is -3.87. The number of rotatable bonds is 8. The van der Waals surface area contributed by atoms with Gasteiger partial charge in [-0.3, -0.25) is 4.79 Å². The maximum Gasteiger partial charge on any atom is 0.322 e. The summed E-state index contributed by atoms with van der Waals surface area (Å²) >= 11 is 0. The number of carboxylic acids is 1. The van der Waals surface area contributed by atoms with Gasteiger partial charge in [-0.1, -0.05) is 20.8 Å². The number of carboxylic acid groups (broad SMARTS) is 1. The third-order valence-corrected chi connectivity index (χ3v) is 4.28. The molecule has 0 spiro atoms. The van der Waals surface area contributed by atoms with Gasteiger partial charge in [0.15, 0.2) is 0 Å². The van der Waals surface area contributed by atoms with Crippen molar-refractivity contribution >= 4 is 16.0 Å². The molecule has 0 aliphatic rings. The van der Waals surface area contributed by atoms with Gasteiger partial charge in [-0.25, -0.2) is 8.42 Å². The summed E-state index contributed by atoms with van der Waals surface area (Å²) in [6, 6.07) is 4.73. The molecular formula is C14H21NO5S. The maximum absolute atomic E-state index is 12.2. The number of sulfonamides is 1. The van der Waals surface area contributed by atoms with Crippen molar-refractivity contribution in [3.05, 3.63) is 24.3 Å². The van der Waals surface area contributed by atoms with Crippen molar-refractivity contribution in [2.45, 2.75) is 38.1 Å². The van der Waals surface area contributed by atoms with Gasteiger partial charge in [0.05, 0.1) is 11.5 Å². The van der Waals surface area contributed by atoms with Gasteiger partial charge in [0.2, 0.25) is 10.0 Å². The predicted molar refractivity (Wildman–Crippen MR) is 78.8 cm³/mol. The standard InChI is InChI=1S/C14H21NO5S/c1-4-9-20-11-5-7-12(8-6-11)21(18,19)15-13(10(2)3)14(16)17/h5-8,10,13,15H,4,9H2,1-3H3,(H,16,17). The first-order valence-electron chi connectivity index (χ1n) is 6.76. The van der Waals surface area contributed by atoms with E-state index in [0.717, 1.165) is 6.42 Å². The fourth-order valence-electron chi connectivity index (χ4n) is 1.64. The normalized spacial score (nSPS) is 13.1. The summed E-state index contributed by atoms with van der Waals surface area (Å²) in [4.78, 5) is 11.1. The van der Waals surface area contributed by atoms with Crippen molar-refractivity contribution in [1.29, 1.82) is 0 Å². The number of hydrogen-bond acceptors (Lipinski definition) is 4. The summed E-state index contributed by atoms with van der Waals surface area (Å²) in [6.45, 7) is 5.81. The molecule has 1 aromatic rings. The fourth-order valence-corrected chi connectivity index (χ4v) is 2.98. The molecule has 0 saturated carbocycles. The summed E-state index contributed by atoms with van der Waals surface area (Å²) in [6.07, 6.45) is 0.857. The van der Waals surface area contributed by atoms with Gasteiger partial charge in [0.1, 0.15) is 11.8 Å². The topological polar surface area (TPSA) is 92.7 Å². The maximum atomic E-state index is 12.2. The summed E-state index contributed by atoms with van der Waals surface area (Å²) < 4.78 is 31.9. The Morgan fingerprint density at radius 2 is 1.86 bits per heavy atom. The quantitative estimate of drug-likeness (QED) is 0.764. The SMILES string of the molecule is CCCOc1ccc(S(=O)(=O)NC(C(=O)O)C(C)C)cc1. The molecule has 0 fully saturated rings. The average molecular weight is 315 g/mol. The zero-order valence-corrected chi connectivity index (χ0v) is 13.2. The van der Waals surface area contributed by atoms with E-state index in [2.05, 4.69) is 4.72 Å². The van der Waals surface area contributed by atoms with E-state index in [1.807, 2.05) is 6.92 Å². The third kappa shape index (κ3) is 5.02. The lowest BCUT2D eigenvalue weighted by Crippen LogP contribution is -2.44. The van der Waals surface area contributed by atoms with Gasteiger partial charge in [-0.05, 0) is 36.6 Å². The molecule has 21 heavy (non-hydrogen) atoms. The Labute approximate surface area is 125 Å². The van der Waals surface area contributed by atoms with Crippen molar-refractivity contribution in [3.8, 4) is 5.75 Å². The number of aliphatic carboxylic acids is 1. The van der Waals surface area contributed by atoms with Crippen molar-refractivity contribution in [2.24, 2.45) is 5.92 Å². The number of benzene rings is 1. The Morgan fingerprint density at radius 1 is 1.29 bits per heavy atom. The van der Waals surface area contributed by atoms with E-state index in [9.17, 15) is 13.2 Å². The number of carbonyl (C=O) groups is 1. The van der Waals surface area contributed by atoms with Crippen LogP contribution in [0.5, 0.6) is 5.75 Å². The lowest BCUT2D eigenvalue weighted by atomic mass is 10.1. The van der Waals surface area contributed by atoms with Crippen LogP contribution in [0.1, 0.15) is 27.2 Å². The lowest BCUT2D eigenvalue weighted by Gasteiger charge is -2.18. The van der Waals surface area contributed by atoms with Crippen LogP contribution in [0.2, 0.25) is 0 Å². The molecule has 1 rings (SSSR count). The first kappa shape index (κ1) is 17.5. The van der Waals surface area contributed by atoms with E-state index in [4.69, 9.17) is 9.84 Å². The van der Waals surface area contributed by atoms with E-state index >= 15 is 0 Å². The first-order chi connectivity index (χ1) is 9.77. The van der Waals surface area contributed by atoms with E-state index in [-0.39, 0.29) is 10.8 Å². The van der Waals surface area contributed by atoms with Crippen LogP contribution in [0.15, 0.2) is 29.2 Å². The van der Waals surface area contributed by atoms with E-state index < -0.39 is 22.0 Å². The van der Waals surface area contributed by atoms with Crippen LogP contribution in [-0.4, -0.2) is 32.1 Å². The Bertz CT molecular complexity index is 566. The molecule has 0 radical (unpaired) electrons. The van der Waals surface area contributed by atoms with Crippen molar-refractivity contribution in [3.63, 3.8) is 0 Å². The molecule has 118 valence electrons. The lowest BCUT2D eigenvalue weighted by molar-refractivity contribution is -0.140. The van der Waals surface area contributed by atoms with Crippen molar-refractivity contribution in [1.82, 2.24) is 4.72 Å². The van der Waals surface area contributed by atoms with E-state index in [0.29, 0.717) is 12.4 Å². The van der Waals surface area contributed by atoms with E-state index in [1.165, 1.54) is 12.1 Å². The highest BCUT2D eigenvalue weighted by Gasteiger charge is 2.27. The van der Waals surface area contributed by atoms with E-state index in [1.54, 1.807) is 26.0 Å². The average Bonchev–Trinajstić information content (AvgIpc) is 2.42. The molecular weight excluding hydrogens is 294 g/mol. The monoisotopic (exact) mass is 315 g/mol. The molecule has 0 amide bonds. The van der Waals surface area contributed by atoms with Gasteiger partial charge < -0.3 is 9.84 Å². The van der Waals surface area contributed by atoms with Gasteiger partial charge in [-0.2, -0.15) is 4.72 Å². The highest BCUT2D eigenvalue weighted by Crippen LogP contribution is 2.17. The van der Waals surface area contributed by atoms with Crippen LogP contribution in [0.4, 0.5) is 0 Å². The summed E-state index contributed by atoms with van der Waals surface area (Å²) in [5.74, 6) is -0.977. The molecule has 0 aliphatic carbocycles. The largest absolute Gasteiger partial charge is 0.494 e. The van der Waals surface area contributed by atoms with Gasteiger partial charge in [0.25, 0.3) is 0 Å². The Balaban J connectivity index is 2.89. The zero-order valence-electron chi connectivity index (χ0n) is 12.4. The van der Waals surface area contributed by atoms with Gasteiger partial charge in [0, 0.05) is 0 Å². The molecule has 1 atom stereocenters. The summed E-state index contributed by atoms with van der Waals surface area (Å²) in [5, 5.41) is 9.05. The number of nitrogens with one attached hydrogen (secondary N) is 1. The molecule has 7 heteroatoms. The molecule has 0 aromatic heterocycles. The van der Waals surface area contributed by atoms with Crippen LogP contribution in [-0.2, 0) is 14.8 Å². The third-order valence-electron chi connectivity index (χ3n) is 2.82. The minimum absolute atomic E-state index is 0.0123. The molecule has 0 bridgehead atoms. The minimum atomic E-state index is -3.87. The number of hydrogen-bond donors (Lipinski definition) is 2. The van der Waals surface area contributed by atoms with Crippen LogP contribution in [0.3, 0.4) is 0 Å². The van der Waals surface area contributed by atoms with Crippen LogP contribution in [0.25, 0.3) is 0 Å². The second kappa shape index (κ2) is 7.42. The number of ether oxygens (including phenoxy) is 1. The van der Waals surface area contributed by atoms with Crippen LogP contribution in [0, 0.1) is 5.92 Å². The molecule has 0 aliphatic heterocycles. The Hall–Kier alpha value is -1.60. The van der Waals surface area contributed by atoms with Crippen molar-refractivity contribution < 1.29 is 23.1 Å². The fraction of sp³-hybridized carbons (Fsp3) is 0.500. The second-order valence-electron chi connectivity index (χ2n) is 5.00. The predicted octanol–water partition coefficient (Wildman–Crippen LogP) is 1.86.